The molecular weight excluding hydrogens is 294 g/mol. The van der Waals surface area contributed by atoms with E-state index in [4.69, 9.17) is 10.3 Å². The summed E-state index contributed by atoms with van der Waals surface area (Å²) < 4.78 is 6.10. The highest BCUT2D eigenvalue weighted by atomic mass is 16.5. The summed E-state index contributed by atoms with van der Waals surface area (Å²) in [5, 5.41) is 6.46. The quantitative estimate of drug-likeness (QED) is 0.525. The minimum atomic E-state index is -0.550. The molecule has 2 fully saturated rings. The summed E-state index contributed by atoms with van der Waals surface area (Å²) in [4.78, 5) is 19.4. The molecule has 1 aliphatic heterocycles. The molecule has 1 unspecified atom stereocenters. The fourth-order valence-electron chi connectivity index (χ4n) is 3.91. The van der Waals surface area contributed by atoms with Gasteiger partial charge in [0.2, 0.25) is 5.91 Å². The van der Waals surface area contributed by atoms with Crippen LogP contribution in [-0.4, -0.2) is 29.6 Å². The summed E-state index contributed by atoms with van der Waals surface area (Å²) in [6.45, 7) is 0.400. The first-order chi connectivity index (χ1) is 11.2. The van der Waals surface area contributed by atoms with Crippen LogP contribution in [0, 0.1) is 0 Å². The maximum Gasteiger partial charge on any atom is 0.226 e. The highest BCUT2D eigenvalue weighted by molar-refractivity contribution is 5.79. The van der Waals surface area contributed by atoms with Gasteiger partial charge in [-0.25, -0.2) is 0 Å². The van der Waals surface area contributed by atoms with Crippen LogP contribution in [0.1, 0.15) is 44.2 Å². The van der Waals surface area contributed by atoms with E-state index >= 15 is 0 Å². The molecule has 23 heavy (non-hydrogen) atoms. The van der Waals surface area contributed by atoms with Gasteiger partial charge in [0.15, 0.2) is 0 Å². The largest absolute Gasteiger partial charge is 0.375 e. The Bertz CT molecular complexity index is 608. The number of ether oxygens (including phenoxy) is 1. The van der Waals surface area contributed by atoms with Gasteiger partial charge in [-0.05, 0) is 36.9 Å². The van der Waals surface area contributed by atoms with Crippen molar-refractivity contribution in [1.82, 2.24) is 10.3 Å². The SMILES string of the molecule is [N-]=[N+]=NCC(=O)NC1(c2ccccn2)CCOC2(CCCC2)C1. The highest BCUT2D eigenvalue weighted by Gasteiger charge is 2.49. The van der Waals surface area contributed by atoms with Crippen LogP contribution in [0.5, 0.6) is 0 Å². The summed E-state index contributed by atoms with van der Waals surface area (Å²) in [7, 11) is 0. The number of pyridine rings is 1. The number of carbonyl (C=O) groups excluding carboxylic acids is 1. The minimum Gasteiger partial charge on any atom is -0.375 e. The van der Waals surface area contributed by atoms with Gasteiger partial charge in [-0.2, -0.15) is 0 Å². The van der Waals surface area contributed by atoms with Crippen LogP contribution in [0.2, 0.25) is 0 Å². The summed E-state index contributed by atoms with van der Waals surface area (Å²) in [5.41, 5.74) is 8.55. The van der Waals surface area contributed by atoms with E-state index in [2.05, 4.69) is 20.3 Å². The Morgan fingerprint density at radius 1 is 1.39 bits per heavy atom. The van der Waals surface area contributed by atoms with Crippen molar-refractivity contribution in [3.63, 3.8) is 0 Å². The molecule has 2 heterocycles. The molecule has 1 saturated carbocycles. The molecule has 7 heteroatoms. The van der Waals surface area contributed by atoms with Gasteiger partial charge in [-0.15, -0.1) is 0 Å². The minimum absolute atomic E-state index is 0.165. The van der Waals surface area contributed by atoms with E-state index in [-0.39, 0.29) is 18.1 Å². The lowest BCUT2D eigenvalue weighted by Gasteiger charge is -2.46. The zero-order valence-electron chi connectivity index (χ0n) is 13.1. The number of nitrogens with zero attached hydrogens (tertiary/aromatic N) is 4. The normalized spacial score (nSPS) is 25.7. The van der Waals surface area contributed by atoms with E-state index in [1.165, 1.54) is 0 Å². The molecule has 2 aliphatic rings. The second kappa shape index (κ2) is 6.56. The molecule has 122 valence electrons. The maximum absolute atomic E-state index is 12.2. The Morgan fingerprint density at radius 3 is 2.91 bits per heavy atom. The van der Waals surface area contributed by atoms with Crippen LogP contribution in [0.3, 0.4) is 0 Å². The fourth-order valence-corrected chi connectivity index (χ4v) is 3.91. The van der Waals surface area contributed by atoms with Crippen LogP contribution >= 0.6 is 0 Å². The van der Waals surface area contributed by atoms with Crippen molar-refractivity contribution in [2.75, 3.05) is 13.2 Å². The molecule has 1 aliphatic carbocycles. The van der Waals surface area contributed by atoms with Crippen molar-refractivity contribution in [2.24, 2.45) is 5.11 Å². The Balaban J connectivity index is 1.90. The van der Waals surface area contributed by atoms with Gasteiger partial charge in [0.1, 0.15) is 6.54 Å². The van der Waals surface area contributed by atoms with Gasteiger partial charge in [0, 0.05) is 24.1 Å². The summed E-state index contributed by atoms with van der Waals surface area (Å²) >= 11 is 0. The number of hydrogen-bond donors (Lipinski definition) is 1. The van der Waals surface area contributed by atoms with E-state index in [9.17, 15) is 4.79 Å². The number of nitrogens with one attached hydrogen (secondary N) is 1. The lowest BCUT2D eigenvalue weighted by molar-refractivity contribution is -0.132. The highest BCUT2D eigenvalue weighted by Crippen LogP contribution is 2.46. The molecule has 1 saturated heterocycles. The molecule has 1 amide bonds. The number of rotatable bonds is 4. The number of hydrogen-bond acceptors (Lipinski definition) is 4. The van der Waals surface area contributed by atoms with Gasteiger partial charge in [0.05, 0.1) is 16.8 Å². The number of carbonyl (C=O) groups is 1. The van der Waals surface area contributed by atoms with Crippen molar-refractivity contribution in [3.8, 4) is 0 Å². The van der Waals surface area contributed by atoms with Crippen LogP contribution in [0.4, 0.5) is 0 Å². The summed E-state index contributed by atoms with van der Waals surface area (Å²) in [6.07, 6.45) is 7.50. The van der Waals surface area contributed by atoms with E-state index < -0.39 is 5.54 Å². The van der Waals surface area contributed by atoms with E-state index in [1.54, 1.807) is 6.20 Å². The molecule has 7 nitrogen and oxygen atoms in total. The summed E-state index contributed by atoms with van der Waals surface area (Å²) in [5.74, 6) is -0.275. The average Bonchev–Trinajstić information content (AvgIpc) is 3.01. The topological polar surface area (TPSA) is 100.0 Å². The standard InChI is InChI=1S/C16H21N5O2/c17-21-19-11-14(22)20-16(13-5-1-4-9-18-13)8-10-23-15(12-16)6-2-3-7-15/h1,4-5,9H,2-3,6-8,10-12H2,(H,20,22). The van der Waals surface area contributed by atoms with E-state index in [1.807, 2.05) is 18.2 Å². The van der Waals surface area contributed by atoms with Crippen molar-refractivity contribution in [3.05, 3.63) is 40.5 Å². The first-order valence-corrected chi connectivity index (χ1v) is 8.05. The number of aromatic nitrogens is 1. The lowest BCUT2D eigenvalue weighted by Crippen LogP contribution is -2.56. The average molecular weight is 315 g/mol. The Hall–Kier alpha value is -2.11. The molecule has 0 radical (unpaired) electrons. The number of amides is 1. The van der Waals surface area contributed by atoms with Crippen molar-refractivity contribution >= 4 is 5.91 Å². The Morgan fingerprint density at radius 2 is 2.22 bits per heavy atom. The maximum atomic E-state index is 12.2. The van der Waals surface area contributed by atoms with E-state index in [0.29, 0.717) is 13.0 Å². The third-order valence-corrected chi connectivity index (χ3v) is 4.89. The first-order valence-electron chi connectivity index (χ1n) is 8.05. The van der Waals surface area contributed by atoms with E-state index in [0.717, 1.165) is 37.8 Å². The Kier molecular flexibility index (Phi) is 4.50. The van der Waals surface area contributed by atoms with Gasteiger partial charge >= 0.3 is 0 Å². The third kappa shape index (κ3) is 3.30. The van der Waals surface area contributed by atoms with Crippen LogP contribution in [0.25, 0.3) is 10.4 Å². The summed E-state index contributed by atoms with van der Waals surface area (Å²) in [6, 6.07) is 5.74. The van der Waals surface area contributed by atoms with Crippen molar-refractivity contribution in [2.45, 2.75) is 49.7 Å². The monoisotopic (exact) mass is 315 g/mol. The van der Waals surface area contributed by atoms with Crippen LogP contribution < -0.4 is 5.32 Å². The van der Waals surface area contributed by atoms with Gasteiger partial charge in [-0.1, -0.05) is 24.0 Å². The van der Waals surface area contributed by atoms with Gasteiger partial charge < -0.3 is 10.1 Å². The first kappa shape index (κ1) is 15.8. The lowest BCUT2D eigenvalue weighted by atomic mass is 9.76. The molecular formula is C16H21N5O2. The molecule has 1 aromatic rings. The van der Waals surface area contributed by atoms with Gasteiger partial charge in [-0.3, -0.25) is 9.78 Å². The third-order valence-electron chi connectivity index (χ3n) is 4.89. The zero-order chi connectivity index (χ0) is 16.2. The van der Waals surface area contributed by atoms with Crippen LogP contribution in [0.15, 0.2) is 29.5 Å². The molecule has 1 atom stereocenters. The molecule has 1 aromatic heterocycles. The molecule has 3 rings (SSSR count). The molecule has 1 spiro atoms. The fraction of sp³-hybridized carbons (Fsp3) is 0.625. The molecule has 0 aromatic carbocycles. The predicted octanol–water partition coefficient (Wildman–Crippen LogP) is 2.83. The van der Waals surface area contributed by atoms with Crippen molar-refractivity contribution < 1.29 is 9.53 Å². The number of azide groups is 1. The molecule has 0 bridgehead atoms. The smallest absolute Gasteiger partial charge is 0.226 e. The second-order valence-electron chi connectivity index (χ2n) is 6.40. The zero-order valence-corrected chi connectivity index (χ0v) is 13.1. The predicted molar refractivity (Wildman–Crippen MR) is 84.5 cm³/mol. The second-order valence-corrected chi connectivity index (χ2v) is 6.40. The Labute approximate surface area is 135 Å². The van der Waals surface area contributed by atoms with Gasteiger partial charge in [0.25, 0.3) is 0 Å². The van der Waals surface area contributed by atoms with Crippen molar-refractivity contribution in [1.29, 1.82) is 0 Å². The molecule has 1 N–H and O–H groups in total. The van der Waals surface area contributed by atoms with Crippen LogP contribution in [-0.2, 0) is 15.1 Å².